The van der Waals surface area contributed by atoms with Crippen LogP contribution in [0.5, 0.6) is 0 Å². The average molecular weight is 435 g/mol. The van der Waals surface area contributed by atoms with Crippen molar-refractivity contribution >= 4 is 38.1 Å². The molecule has 5 heterocycles. The van der Waals surface area contributed by atoms with Crippen LogP contribution in [0.3, 0.4) is 0 Å². The Bertz CT molecular complexity index is 1630. The second kappa shape index (κ2) is 6.90. The third-order valence-corrected chi connectivity index (χ3v) is 7.38. The van der Waals surface area contributed by atoms with Gasteiger partial charge in [-0.1, -0.05) is 24.3 Å². The van der Waals surface area contributed by atoms with Crippen LogP contribution in [0.2, 0.25) is 0 Å². The highest BCUT2D eigenvalue weighted by Gasteiger charge is 2.22. The van der Waals surface area contributed by atoms with E-state index in [9.17, 15) is 0 Å². The summed E-state index contributed by atoms with van der Waals surface area (Å²) in [5.41, 5.74) is 5.82. The molecule has 0 saturated carbocycles. The maximum atomic E-state index is 5.05. The highest BCUT2D eigenvalue weighted by molar-refractivity contribution is 7.19. The Morgan fingerprint density at radius 1 is 0.875 bits per heavy atom. The van der Waals surface area contributed by atoms with Crippen molar-refractivity contribution in [3.05, 3.63) is 71.5 Å². The molecule has 6 nitrogen and oxygen atoms in total. The molecule has 0 spiro atoms. The molecule has 1 aliphatic rings. The van der Waals surface area contributed by atoms with E-state index >= 15 is 0 Å². The second-order valence-electron chi connectivity index (χ2n) is 8.13. The molecule has 5 aromatic heterocycles. The molecule has 0 unspecified atom stereocenters. The summed E-state index contributed by atoms with van der Waals surface area (Å²) in [7, 11) is 0. The Morgan fingerprint density at radius 2 is 1.78 bits per heavy atom. The molecule has 0 amide bonds. The smallest absolute Gasteiger partial charge is 0.183 e. The standard InChI is InChI=1S/C25H18N6S/c1-3-9-18-15(7-1)17(13-20(28-18)19-10-5-6-12-26-19)23-29-24-22-16-8-2-4-11-21(16)32-25(22)27-14-31(24)30-23/h1,3,5-7,9-10,12-14H,2,4,8,11H2. The molecule has 32 heavy (non-hydrogen) atoms. The van der Waals surface area contributed by atoms with Crippen molar-refractivity contribution in [3.8, 4) is 22.8 Å². The summed E-state index contributed by atoms with van der Waals surface area (Å²) in [6.07, 6.45) is 8.31. The Balaban J connectivity index is 1.50. The van der Waals surface area contributed by atoms with E-state index in [0.717, 1.165) is 51.2 Å². The Morgan fingerprint density at radius 3 is 2.72 bits per heavy atom. The molecule has 7 rings (SSSR count). The monoisotopic (exact) mass is 434 g/mol. The van der Waals surface area contributed by atoms with E-state index in [1.807, 2.05) is 58.3 Å². The zero-order valence-electron chi connectivity index (χ0n) is 17.2. The molecule has 0 aliphatic heterocycles. The van der Waals surface area contributed by atoms with Gasteiger partial charge in [-0.2, -0.15) is 0 Å². The van der Waals surface area contributed by atoms with Crippen LogP contribution < -0.4 is 0 Å². The maximum absolute atomic E-state index is 5.05. The van der Waals surface area contributed by atoms with Gasteiger partial charge in [-0.05, 0) is 55.5 Å². The number of pyridine rings is 2. The van der Waals surface area contributed by atoms with Gasteiger partial charge in [-0.15, -0.1) is 16.4 Å². The van der Waals surface area contributed by atoms with Gasteiger partial charge in [0.1, 0.15) is 11.2 Å². The van der Waals surface area contributed by atoms with Crippen molar-refractivity contribution in [2.24, 2.45) is 0 Å². The largest absolute Gasteiger partial charge is 0.255 e. The van der Waals surface area contributed by atoms with Gasteiger partial charge >= 0.3 is 0 Å². The third-order valence-electron chi connectivity index (χ3n) is 6.18. The normalized spacial score (nSPS) is 13.8. The lowest BCUT2D eigenvalue weighted by atomic mass is 9.97. The number of aryl methyl sites for hydroxylation is 2. The third kappa shape index (κ3) is 2.67. The van der Waals surface area contributed by atoms with Gasteiger partial charge in [0.25, 0.3) is 0 Å². The van der Waals surface area contributed by atoms with E-state index < -0.39 is 0 Å². The van der Waals surface area contributed by atoms with Gasteiger partial charge in [0, 0.05) is 22.0 Å². The predicted molar refractivity (Wildman–Crippen MR) is 127 cm³/mol. The van der Waals surface area contributed by atoms with Gasteiger partial charge in [-0.3, -0.25) is 4.98 Å². The molecular weight excluding hydrogens is 416 g/mol. The van der Waals surface area contributed by atoms with Gasteiger partial charge < -0.3 is 0 Å². The minimum absolute atomic E-state index is 0.686. The molecule has 1 aromatic carbocycles. The van der Waals surface area contributed by atoms with Crippen LogP contribution in [-0.2, 0) is 12.8 Å². The number of fused-ring (bicyclic) bond motifs is 6. The van der Waals surface area contributed by atoms with Crippen molar-refractivity contribution in [2.75, 3.05) is 0 Å². The Kier molecular flexibility index (Phi) is 3.86. The van der Waals surface area contributed by atoms with Crippen LogP contribution in [0.25, 0.3) is 49.5 Å². The van der Waals surface area contributed by atoms with Crippen molar-refractivity contribution in [1.29, 1.82) is 0 Å². The zero-order valence-corrected chi connectivity index (χ0v) is 18.0. The van der Waals surface area contributed by atoms with E-state index in [2.05, 4.69) is 11.1 Å². The first-order valence-electron chi connectivity index (χ1n) is 10.8. The second-order valence-corrected chi connectivity index (χ2v) is 9.21. The highest BCUT2D eigenvalue weighted by atomic mass is 32.1. The van der Waals surface area contributed by atoms with Gasteiger partial charge in [0.15, 0.2) is 11.5 Å². The van der Waals surface area contributed by atoms with E-state index in [0.29, 0.717) is 5.82 Å². The molecule has 0 radical (unpaired) electrons. The number of nitrogens with zero attached hydrogens (tertiary/aromatic N) is 6. The molecule has 0 atom stereocenters. The van der Waals surface area contributed by atoms with E-state index in [1.165, 1.54) is 28.7 Å². The Hall–Kier alpha value is -3.71. The number of hydrogen-bond donors (Lipinski definition) is 0. The number of hydrogen-bond acceptors (Lipinski definition) is 6. The summed E-state index contributed by atoms with van der Waals surface area (Å²) in [5, 5.41) is 7.05. The molecule has 154 valence electrons. The first-order chi connectivity index (χ1) is 15.8. The van der Waals surface area contributed by atoms with Crippen LogP contribution in [0.15, 0.2) is 61.1 Å². The lowest BCUT2D eigenvalue weighted by Crippen LogP contribution is -1.99. The fourth-order valence-electron chi connectivity index (χ4n) is 4.67. The number of benzene rings is 1. The topological polar surface area (TPSA) is 68.9 Å². The van der Waals surface area contributed by atoms with Gasteiger partial charge in [0.2, 0.25) is 0 Å². The minimum Gasteiger partial charge on any atom is -0.255 e. The summed E-state index contributed by atoms with van der Waals surface area (Å²) in [6, 6.07) is 16.0. The van der Waals surface area contributed by atoms with Crippen LogP contribution in [0.1, 0.15) is 23.3 Å². The summed E-state index contributed by atoms with van der Waals surface area (Å²) >= 11 is 1.81. The molecule has 0 saturated heterocycles. The van der Waals surface area contributed by atoms with Gasteiger partial charge in [-0.25, -0.2) is 19.5 Å². The number of para-hydroxylation sites is 1. The first kappa shape index (κ1) is 17.9. The first-order valence-corrected chi connectivity index (χ1v) is 11.6. The number of rotatable bonds is 2. The van der Waals surface area contributed by atoms with Crippen LogP contribution in [-0.4, -0.2) is 29.5 Å². The molecule has 0 N–H and O–H groups in total. The Labute approximate surface area is 187 Å². The molecule has 0 bridgehead atoms. The lowest BCUT2D eigenvalue weighted by Gasteiger charge is -2.09. The number of thiophene rings is 1. The molecule has 7 heteroatoms. The van der Waals surface area contributed by atoms with Crippen LogP contribution in [0.4, 0.5) is 0 Å². The van der Waals surface area contributed by atoms with Crippen molar-refractivity contribution in [3.63, 3.8) is 0 Å². The van der Waals surface area contributed by atoms with Crippen LogP contribution in [0, 0.1) is 0 Å². The van der Waals surface area contributed by atoms with E-state index in [-0.39, 0.29) is 0 Å². The molecule has 0 fully saturated rings. The van der Waals surface area contributed by atoms with Crippen molar-refractivity contribution < 1.29 is 0 Å². The van der Waals surface area contributed by atoms with Crippen molar-refractivity contribution in [1.82, 2.24) is 29.5 Å². The lowest BCUT2D eigenvalue weighted by molar-refractivity contribution is 0.700. The van der Waals surface area contributed by atoms with Crippen LogP contribution >= 0.6 is 11.3 Å². The molecule has 6 aromatic rings. The molecular formula is C25H18N6S. The fraction of sp³-hybridized carbons (Fsp3) is 0.160. The van der Waals surface area contributed by atoms with E-state index in [4.69, 9.17) is 20.1 Å². The zero-order chi connectivity index (χ0) is 21.1. The highest BCUT2D eigenvalue weighted by Crippen LogP contribution is 2.38. The SMILES string of the molecule is c1ccc(-c2cc(-c3nc4c5c6c(sc5ncn4n3)CCCC6)c3ccccc3n2)nc1. The quantitative estimate of drug-likeness (QED) is 0.360. The minimum atomic E-state index is 0.686. The summed E-state index contributed by atoms with van der Waals surface area (Å²) in [5.74, 6) is 0.686. The van der Waals surface area contributed by atoms with Crippen molar-refractivity contribution in [2.45, 2.75) is 25.7 Å². The average Bonchev–Trinajstić information content (AvgIpc) is 3.45. The fourth-order valence-corrected chi connectivity index (χ4v) is 5.90. The summed E-state index contributed by atoms with van der Waals surface area (Å²) in [4.78, 5) is 21.6. The summed E-state index contributed by atoms with van der Waals surface area (Å²) in [6.45, 7) is 0. The van der Waals surface area contributed by atoms with E-state index in [1.54, 1.807) is 12.5 Å². The van der Waals surface area contributed by atoms with Gasteiger partial charge in [0.05, 0.1) is 22.3 Å². The predicted octanol–water partition coefficient (Wildman–Crippen LogP) is 5.50. The molecule has 1 aliphatic carbocycles. The maximum Gasteiger partial charge on any atom is 0.183 e. The summed E-state index contributed by atoms with van der Waals surface area (Å²) < 4.78 is 1.83. The number of aromatic nitrogens is 6.